The van der Waals surface area contributed by atoms with Crippen molar-refractivity contribution in [3.05, 3.63) is 23.8 Å². The summed E-state index contributed by atoms with van der Waals surface area (Å²) < 4.78 is 5.67. The van der Waals surface area contributed by atoms with E-state index < -0.39 is 0 Å². The van der Waals surface area contributed by atoms with Crippen molar-refractivity contribution in [2.24, 2.45) is 0 Å². The summed E-state index contributed by atoms with van der Waals surface area (Å²) >= 11 is 0. The lowest BCUT2D eigenvalue weighted by atomic mass is 10.1. The zero-order chi connectivity index (χ0) is 11.3. The average Bonchev–Trinajstić information content (AvgIpc) is 2.17. The maximum absolute atomic E-state index is 5.87. The maximum atomic E-state index is 5.87. The highest BCUT2D eigenvalue weighted by molar-refractivity contribution is 5.57. The quantitative estimate of drug-likeness (QED) is 0.577. The molecule has 0 aliphatic rings. The molecule has 0 amide bonds. The van der Waals surface area contributed by atoms with Crippen molar-refractivity contribution in [2.75, 3.05) is 18.1 Å². The number of nitrogens with two attached hydrogens (primary N) is 2. The molecule has 0 heterocycles. The van der Waals surface area contributed by atoms with Gasteiger partial charge in [-0.15, -0.1) is 0 Å². The Kier molecular flexibility index (Phi) is 4.43. The van der Waals surface area contributed by atoms with Crippen LogP contribution in [0.15, 0.2) is 18.2 Å². The minimum Gasteiger partial charge on any atom is -0.399 e. The molecule has 1 unspecified atom stereocenters. The van der Waals surface area contributed by atoms with Gasteiger partial charge in [-0.3, -0.25) is 0 Å². The van der Waals surface area contributed by atoms with E-state index >= 15 is 0 Å². The molecule has 3 heteroatoms. The van der Waals surface area contributed by atoms with E-state index in [9.17, 15) is 0 Å². The van der Waals surface area contributed by atoms with Crippen LogP contribution >= 0.6 is 0 Å². The molecular formula is C12H20N2O. The van der Waals surface area contributed by atoms with Gasteiger partial charge < -0.3 is 16.2 Å². The molecule has 0 radical (unpaired) electrons. The van der Waals surface area contributed by atoms with Crippen molar-refractivity contribution in [2.45, 2.75) is 32.8 Å². The Labute approximate surface area is 91.4 Å². The molecule has 0 spiro atoms. The van der Waals surface area contributed by atoms with E-state index in [2.05, 4.69) is 6.92 Å². The highest BCUT2D eigenvalue weighted by atomic mass is 16.5. The van der Waals surface area contributed by atoms with Gasteiger partial charge in [0.2, 0.25) is 0 Å². The Morgan fingerprint density at radius 1 is 1.33 bits per heavy atom. The predicted octanol–water partition coefficient (Wildman–Crippen LogP) is 2.73. The molecule has 1 aromatic carbocycles. The van der Waals surface area contributed by atoms with Gasteiger partial charge in [0, 0.05) is 23.5 Å². The van der Waals surface area contributed by atoms with Crippen molar-refractivity contribution in [1.82, 2.24) is 0 Å². The molecule has 0 bridgehead atoms. The lowest BCUT2D eigenvalue weighted by molar-refractivity contribution is 0.0642. The Morgan fingerprint density at radius 3 is 2.67 bits per heavy atom. The lowest BCUT2D eigenvalue weighted by Gasteiger charge is -2.15. The number of rotatable bonds is 5. The topological polar surface area (TPSA) is 61.3 Å². The van der Waals surface area contributed by atoms with Gasteiger partial charge in [0.25, 0.3) is 0 Å². The standard InChI is InChI=1S/C12H20N2O/c1-3-4-7-15-9(2)11-6-5-10(13)8-12(11)14/h5-6,8-9H,3-4,7,13-14H2,1-2H3. The minimum absolute atomic E-state index is 0.0390. The third kappa shape index (κ3) is 3.44. The zero-order valence-corrected chi connectivity index (χ0v) is 9.49. The van der Waals surface area contributed by atoms with E-state index in [1.165, 1.54) is 0 Å². The van der Waals surface area contributed by atoms with Gasteiger partial charge in [0.05, 0.1) is 6.10 Å². The zero-order valence-electron chi connectivity index (χ0n) is 9.49. The second-order valence-electron chi connectivity index (χ2n) is 3.75. The second kappa shape index (κ2) is 5.61. The molecule has 0 fully saturated rings. The molecule has 1 atom stereocenters. The second-order valence-corrected chi connectivity index (χ2v) is 3.75. The van der Waals surface area contributed by atoms with Crippen LogP contribution in [0.2, 0.25) is 0 Å². The predicted molar refractivity (Wildman–Crippen MR) is 64.5 cm³/mol. The summed E-state index contributed by atoms with van der Waals surface area (Å²) in [6.07, 6.45) is 2.26. The van der Waals surface area contributed by atoms with Crippen LogP contribution in [0.25, 0.3) is 0 Å². The summed E-state index contributed by atoms with van der Waals surface area (Å²) in [5.74, 6) is 0. The summed E-state index contributed by atoms with van der Waals surface area (Å²) in [6.45, 7) is 4.94. The number of benzene rings is 1. The molecule has 0 aromatic heterocycles. The largest absolute Gasteiger partial charge is 0.399 e. The first-order valence-corrected chi connectivity index (χ1v) is 5.41. The minimum atomic E-state index is 0.0390. The van der Waals surface area contributed by atoms with Crippen LogP contribution in [0.5, 0.6) is 0 Å². The van der Waals surface area contributed by atoms with Gasteiger partial charge in [0.15, 0.2) is 0 Å². The molecule has 84 valence electrons. The van der Waals surface area contributed by atoms with E-state index in [0.717, 1.165) is 25.0 Å². The average molecular weight is 208 g/mol. The third-order valence-electron chi connectivity index (χ3n) is 2.41. The van der Waals surface area contributed by atoms with Crippen LogP contribution in [0.4, 0.5) is 11.4 Å². The summed E-state index contributed by atoms with van der Waals surface area (Å²) in [5, 5.41) is 0. The normalized spacial score (nSPS) is 12.7. The lowest BCUT2D eigenvalue weighted by Crippen LogP contribution is -2.05. The first-order chi connectivity index (χ1) is 7.15. The van der Waals surface area contributed by atoms with Crippen molar-refractivity contribution in [3.8, 4) is 0 Å². The molecule has 3 nitrogen and oxygen atoms in total. The Bertz CT molecular complexity index is 312. The summed E-state index contributed by atoms with van der Waals surface area (Å²) in [7, 11) is 0. The van der Waals surface area contributed by atoms with Gasteiger partial charge >= 0.3 is 0 Å². The number of ether oxygens (including phenoxy) is 1. The molecule has 15 heavy (non-hydrogen) atoms. The highest BCUT2D eigenvalue weighted by Crippen LogP contribution is 2.25. The Balaban J connectivity index is 2.61. The number of unbranched alkanes of at least 4 members (excludes halogenated alkanes) is 1. The van der Waals surface area contributed by atoms with Crippen molar-refractivity contribution < 1.29 is 4.74 Å². The number of nitrogen functional groups attached to an aromatic ring is 2. The molecule has 1 aromatic rings. The fraction of sp³-hybridized carbons (Fsp3) is 0.500. The van der Waals surface area contributed by atoms with Crippen molar-refractivity contribution in [1.29, 1.82) is 0 Å². The Hall–Kier alpha value is -1.22. The van der Waals surface area contributed by atoms with E-state index in [-0.39, 0.29) is 6.10 Å². The number of hydrogen-bond acceptors (Lipinski definition) is 3. The van der Waals surface area contributed by atoms with Crippen LogP contribution in [0.3, 0.4) is 0 Å². The summed E-state index contributed by atoms with van der Waals surface area (Å²) in [4.78, 5) is 0. The van der Waals surface area contributed by atoms with E-state index in [4.69, 9.17) is 16.2 Å². The molecule has 0 aliphatic carbocycles. The molecule has 0 saturated carbocycles. The monoisotopic (exact) mass is 208 g/mol. The summed E-state index contributed by atoms with van der Waals surface area (Å²) in [5.41, 5.74) is 13.9. The first-order valence-electron chi connectivity index (χ1n) is 5.41. The number of hydrogen-bond donors (Lipinski definition) is 2. The molecule has 4 N–H and O–H groups in total. The maximum Gasteiger partial charge on any atom is 0.0816 e. The SMILES string of the molecule is CCCCOC(C)c1ccc(N)cc1N. The van der Waals surface area contributed by atoms with Crippen LogP contribution in [-0.2, 0) is 4.74 Å². The smallest absolute Gasteiger partial charge is 0.0816 e. The van der Waals surface area contributed by atoms with E-state index in [0.29, 0.717) is 11.4 Å². The molecule has 0 aliphatic heterocycles. The van der Waals surface area contributed by atoms with Gasteiger partial charge in [0.1, 0.15) is 0 Å². The van der Waals surface area contributed by atoms with Gasteiger partial charge in [-0.05, 0) is 25.5 Å². The van der Waals surface area contributed by atoms with E-state index in [1.807, 2.05) is 19.1 Å². The molecular weight excluding hydrogens is 188 g/mol. The van der Waals surface area contributed by atoms with Crippen molar-refractivity contribution >= 4 is 11.4 Å². The Morgan fingerprint density at radius 2 is 2.07 bits per heavy atom. The fourth-order valence-electron chi connectivity index (χ4n) is 1.46. The van der Waals surface area contributed by atoms with Crippen LogP contribution in [0.1, 0.15) is 38.4 Å². The van der Waals surface area contributed by atoms with Gasteiger partial charge in [-0.25, -0.2) is 0 Å². The highest BCUT2D eigenvalue weighted by Gasteiger charge is 2.08. The third-order valence-corrected chi connectivity index (χ3v) is 2.41. The van der Waals surface area contributed by atoms with E-state index in [1.54, 1.807) is 6.07 Å². The molecule has 1 rings (SSSR count). The van der Waals surface area contributed by atoms with Crippen LogP contribution in [-0.4, -0.2) is 6.61 Å². The van der Waals surface area contributed by atoms with Crippen LogP contribution < -0.4 is 11.5 Å². The van der Waals surface area contributed by atoms with Gasteiger partial charge in [-0.1, -0.05) is 19.4 Å². The fourth-order valence-corrected chi connectivity index (χ4v) is 1.46. The van der Waals surface area contributed by atoms with Crippen LogP contribution in [0, 0.1) is 0 Å². The molecule has 0 saturated heterocycles. The first kappa shape index (κ1) is 11.9. The summed E-state index contributed by atoms with van der Waals surface area (Å²) in [6, 6.07) is 5.56. The van der Waals surface area contributed by atoms with Crippen molar-refractivity contribution in [3.63, 3.8) is 0 Å². The number of anilines is 2. The van der Waals surface area contributed by atoms with Gasteiger partial charge in [-0.2, -0.15) is 0 Å².